The molecule has 0 aliphatic heterocycles. The number of hydrogen-bond donors (Lipinski definition) is 3. The Kier molecular flexibility index (Phi) is 7.14. The van der Waals surface area contributed by atoms with Crippen LogP contribution in [-0.4, -0.2) is 18.9 Å². The Morgan fingerprint density at radius 2 is 1.81 bits per heavy atom. The van der Waals surface area contributed by atoms with Gasteiger partial charge in [-0.3, -0.25) is 9.79 Å². The Morgan fingerprint density at radius 3 is 2.50 bits per heavy atom. The van der Waals surface area contributed by atoms with Gasteiger partial charge < -0.3 is 20.4 Å². The van der Waals surface area contributed by atoms with Crippen molar-refractivity contribution in [1.82, 2.24) is 10.6 Å². The molecular weight excluding hydrogens is 428 g/mol. The molecule has 168 valence electrons. The third-order valence-electron chi connectivity index (χ3n) is 4.44. The summed E-state index contributed by atoms with van der Waals surface area (Å²) in [6.07, 6.45) is -3.27. The summed E-state index contributed by atoms with van der Waals surface area (Å²) in [5.74, 6) is -0.912. The maximum Gasteiger partial charge on any atom is 0.416 e. The molecule has 3 rings (SSSR count). The first-order valence-corrected chi connectivity index (χ1v) is 9.50. The van der Waals surface area contributed by atoms with E-state index >= 15 is 0 Å². The summed E-state index contributed by atoms with van der Waals surface area (Å²) in [6.45, 7) is 0.0910. The van der Waals surface area contributed by atoms with Gasteiger partial charge in [-0.05, 0) is 47.5 Å². The first-order valence-electron chi connectivity index (χ1n) is 9.50. The van der Waals surface area contributed by atoms with Crippen molar-refractivity contribution in [1.29, 1.82) is 0 Å². The Balaban J connectivity index is 1.59. The molecule has 10 heteroatoms. The largest absolute Gasteiger partial charge is 0.459 e. The molecule has 1 amide bonds. The minimum Gasteiger partial charge on any atom is -0.459 e. The number of nitrogens with zero attached hydrogens (tertiary/aromatic N) is 1. The van der Waals surface area contributed by atoms with Gasteiger partial charge in [0.1, 0.15) is 5.82 Å². The standard InChI is InChI=1S/C22H20F4N4O2/c1-27-21(29-13-15-7-8-16(23)11-18(15)22(24,25)26)28-12-14-4-2-5-17(10-14)30-20(31)19-6-3-9-32-19/h2-11H,12-13H2,1H3,(H,30,31)(H2,27,28,29). The maximum atomic E-state index is 13.3. The lowest BCUT2D eigenvalue weighted by Crippen LogP contribution is -2.36. The van der Waals surface area contributed by atoms with Crippen LogP contribution >= 0.6 is 0 Å². The number of carbonyl (C=O) groups excluding carboxylic acids is 1. The summed E-state index contributed by atoms with van der Waals surface area (Å²) < 4.78 is 57.7. The second kappa shape index (κ2) is 9.99. The van der Waals surface area contributed by atoms with E-state index in [2.05, 4.69) is 20.9 Å². The number of hydrogen-bond acceptors (Lipinski definition) is 3. The number of nitrogens with one attached hydrogen (secondary N) is 3. The average Bonchev–Trinajstić information content (AvgIpc) is 3.29. The van der Waals surface area contributed by atoms with Gasteiger partial charge in [-0.15, -0.1) is 0 Å². The van der Waals surface area contributed by atoms with Crippen LogP contribution < -0.4 is 16.0 Å². The molecule has 1 aromatic heterocycles. The second-order valence-electron chi connectivity index (χ2n) is 6.71. The second-order valence-corrected chi connectivity index (χ2v) is 6.71. The minimum absolute atomic E-state index is 0.107. The van der Waals surface area contributed by atoms with Gasteiger partial charge in [0.2, 0.25) is 0 Å². The van der Waals surface area contributed by atoms with Gasteiger partial charge >= 0.3 is 6.18 Å². The van der Waals surface area contributed by atoms with Crippen LogP contribution in [-0.2, 0) is 19.3 Å². The lowest BCUT2D eigenvalue weighted by Gasteiger charge is -2.16. The Hall–Kier alpha value is -3.82. The van der Waals surface area contributed by atoms with E-state index < -0.39 is 23.5 Å². The number of halogens is 4. The SMILES string of the molecule is CN=C(NCc1cccc(NC(=O)c2ccco2)c1)NCc1ccc(F)cc1C(F)(F)F. The van der Waals surface area contributed by atoms with Gasteiger partial charge in [0.15, 0.2) is 11.7 Å². The van der Waals surface area contributed by atoms with Gasteiger partial charge in [-0.1, -0.05) is 18.2 Å². The van der Waals surface area contributed by atoms with Crippen LogP contribution in [0.3, 0.4) is 0 Å². The third kappa shape index (κ3) is 6.10. The average molecular weight is 448 g/mol. The zero-order valence-electron chi connectivity index (χ0n) is 17.0. The first-order chi connectivity index (χ1) is 15.3. The molecular formula is C22H20F4N4O2. The number of anilines is 1. The highest BCUT2D eigenvalue weighted by Crippen LogP contribution is 2.32. The predicted molar refractivity (Wildman–Crippen MR) is 112 cm³/mol. The van der Waals surface area contributed by atoms with Crippen molar-refractivity contribution in [2.24, 2.45) is 4.99 Å². The molecule has 0 saturated heterocycles. The zero-order valence-corrected chi connectivity index (χ0v) is 17.0. The number of benzene rings is 2. The molecule has 0 radical (unpaired) electrons. The van der Waals surface area contributed by atoms with E-state index in [0.717, 1.165) is 17.7 Å². The van der Waals surface area contributed by atoms with Crippen LogP contribution in [0.2, 0.25) is 0 Å². The molecule has 0 atom stereocenters. The van der Waals surface area contributed by atoms with Gasteiger partial charge in [0, 0.05) is 25.8 Å². The monoisotopic (exact) mass is 448 g/mol. The summed E-state index contributed by atoms with van der Waals surface area (Å²) in [5.41, 5.74) is 0.197. The molecule has 0 aliphatic rings. The molecule has 0 fully saturated rings. The summed E-state index contributed by atoms with van der Waals surface area (Å²) in [7, 11) is 1.48. The van der Waals surface area contributed by atoms with Gasteiger partial charge in [0.25, 0.3) is 5.91 Å². The van der Waals surface area contributed by atoms with E-state index in [9.17, 15) is 22.4 Å². The van der Waals surface area contributed by atoms with Crippen LogP contribution in [0.4, 0.5) is 23.2 Å². The fraction of sp³-hybridized carbons (Fsp3) is 0.182. The van der Waals surface area contributed by atoms with Crippen molar-refractivity contribution in [3.8, 4) is 0 Å². The highest BCUT2D eigenvalue weighted by atomic mass is 19.4. The van der Waals surface area contributed by atoms with E-state index in [1.54, 1.807) is 30.3 Å². The normalized spacial score (nSPS) is 11.8. The maximum absolute atomic E-state index is 13.3. The number of amides is 1. The summed E-state index contributed by atoms with van der Waals surface area (Å²) in [4.78, 5) is 16.1. The molecule has 0 aliphatic carbocycles. The number of aliphatic imine (C=N–C) groups is 1. The van der Waals surface area contributed by atoms with Crippen LogP contribution in [0.15, 0.2) is 70.3 Å². The van der Waals surface area contributed by atoms with E-state index in [1.165, 1.54) is 13.3 Å². The molecule has 3 aromatic rings. The Morgan fingerprint density at radius 1 is 1.03 bits per heavy atom. The van der Waals surface area contributed by atoms with E-state index in [1.807, 2.05) is 6.07 Å². The highest BCUT2D eigenvalue weighted by molar-refractivity contribution is 6.02. The van der Waals surface area contributed by atoms with Crippen molar-refractivity contribution in [2.45, 2.75) is 19.3 Å². The molecule has 0 spiro atoms. The molecule has 32 heavy (non-hydrogen) atoms. The van der Waals surface area contributed by atoms with E-state index in [-0.39, 0.29) is 23.8 Å². The van der Waals surface area contributed by atoms with Crippen molar-refractivity contribution < 1.29 is 26.8 Å². The zero-order chi connectivity index (χ0) is 23.1. The lowest BCUT2D eigenvalue weighted by atomic mass is 10.1. The molecule has 0 saturated carbocycles. The predicted octanol–water partition coefficient (Wildman–Crippen LogP) is 4.56. The molecule has 1 heterocycles. The van der Waals surface area contributed by atoms with Gasteiger partial charge in [0.05, 0.1) is 11.8 Å². The number of guanidine groups is 1. The van der Waals surface area contributed by atoms with Gasteiger partial charge in [-0.25, -0.2) is 4.39 Å². The molecule has 2 aromatic carbocycles. The molecule has 6 nitrogen and oxygen atoms in total. The summed E-state index contributed by atoms with van der Waals surface area (Å²) in [5, 5.41) is 8.49. The Bertz CT molecular complexity index is 1100. The van der Waals surface area contributed by atoms with Crippen molar-refractivity contribution in [2.75, 3.05) is 12.4 Å². The van der Waals surface area contributed by atoms with Crippen LogP contribution in [0, 0.1) is 5.82 Å². The quantitative estimate of drug-likeness (QED) is 0.294. The van der Waals surface area contributed by atoms with Gasteiger partial charge in [-0.2, -0.15) is 13.2 Å². The Labute approximate surface area is 181 Å². The number of carbonyl (C=O) groups is 1. The number of rotatable bonds is 6. The van der Waals surface area contributed by atoms with Crippen LogP contribution in [0.1, 0.15) is 27.2 Å². The highest BCUT2D eigenvalue weighted by Gasteiger charge is 2.33. The minimum atomic E-state index is -4.67. The molecule has 0 unspecified atom stereocenters. The smallest absolute Gasteiger partial charge is 0.416 e. The third-order valence-corrected chi connectivity index (χ3v) is 4.44. The fourth-order valence-electron chi connectivity index (χ4n) is 2.91. The van der Waals surface area contributed by atoms with Crippen LogP contribution in [0.5, 0.6) is 0 Å². The fourth-order valence-corrected chi connectivity index (χ4v) is 2.91. The topological polar surface area (TPSA) is 78.7 Å². The number of furan rings is 1. The van der Waals surface area contributed by atoms with Crippen LogP contribution in [0.25, 0.3) is 0 Å². The molecule has 0 bridgehead atoms. The van der Waals surface area contributed by atoms with Crippen molar-refractivity contribution in [3.63, 3.8) is 0 Å². The van der Waals surface area contributed by atoms with Crippen molar-refractivity contribution in [3.05, 3.63) is 89.1 Å². The molecule has 3 N–H and O–H groups in total. The summed E-state index contributed by atoms with van der Waals surface area (Å²) >= 11 is 0. The van der Waals surface area contributed by atoms with Crippen molar-refractivity contribution >= 4 is 17.6 Å². The van der Waals surface area contributed by atoms with E-state index in [0.29, 0.717) is 18.3 Å². The summed E-state index contributed by atoms with van der Waals surface area (Å²) in [6, 6.07) is 12.7. The van der Waals surface area contributed by atoms with E-state index in [4.69, 9.17) is 4.42 Å². The number of alkyl halides is 3. The lowest BCUT2D eigenvalue weighted by molar-refractivity contribution is -0.138. The first kappa shape index (κ1) is 22.9.